The van der Waals surface area contributed by atoms with Crippen molar-refractivity contribution in [3.8, 4) is 11.1 Å². The van der Waals surface area contributed by atoms with Crippen LogP contribution in [0.2, 0.25) is 0 Å². The van der Waals surface area contributed by atoms with Crippen LogP contribution in [0, 0.1) is 17.5 Å². The largest absolute Gasteiger partial charge is 0.478 e. The molecule has 0 saturated carbocycles. The fourth-order valence-corrected chi connectivity index (χ4v) is 3.44. The van der Waals surface area contributed by atoms with E-state index in [9.17, 15) is 31.9 Å². The Balaban J connectivity index is 2.23. The number of rotatable bonds is 11. The number of carboxylic acids is 1. The van der Waals surface area contributed by atoms with E-state index in [-0.39, 0.29) is 41.5 Å². The normalized spacial score (nSPS) is 13.3. The van der Waals surface area contributed by atoms with Crippen molar-refractivity contribution >= 4 is 5.97 Å². The summed E-state index contributed by atoms with van der Waals surface area (Å²) in [6.07, 6.45) is -0.135. The second kappa shape index (κ2) is 11.1. The van der Waals surface area contributed by atoms with Crippen molar-refractivity contribution < 1.29 is 31.9 Å². The Morgan fingerprint density at radius 1 is 0.967 bits per heavy atom. The number of benzene rings is 2. The second-order valence-electron chi connectivity index (χ2n) is 7.36. The topological polar surface area (TPSA) is 37.3 Å². The van der Waals surface area contributed by atoms with Crippen molar-refractivity contribution in [3.05, 3.63) is 58.9 Å². The molecule has 0 saturated heterocycles. The van der Waals surface area contributed by atoms with Crippen molar-refractivity contribution in [2.24, 2.45) is 0 Å². The first-order chi connectivity index (χ1) is 14.2. The molecule has 0 fully saturated rings. The van der Waals surface area contributed by atoms with Crippen LogP contribution >= 0.6 is 0 Å². The van der Waals surface area contributed by atoms with E-state index in [1.54, 1.807) is 0 Å². The molecular weight excluding hydrogens is 403 g/mol. The van der Waals surface area contributed by atoms with Gasteiger partial charge in [-0.25, -0.2) is 26.7 Å². The molecule has 7 heteroatoms. The van der Waals surface area contributed by atoms with E-state index in [2.05, 4.69) is 0 Å². The van der Waals surface area contributed by atoms with Gasteiger partial charge in [0.05, 0.1) is 5.56 Å². The standard InChI is InChI=1S/C23H25F5O2/c1-2-3-6-15(24)7-4-8-16(25)13-19-17(9-5-10-18(19)23(29)30)14-11-20(26)22(28)21(27)12-14/h5,9-12,15-16H,2-4,6-8,13H2,1H3,(H,29,30). The molecule has 2 nitrogen and oxygen atoms in total. The first-order valence-corrected chi connectivity index (χ1v) is 10.0. The fourth-order valence-electron chi connectivity index (χ4n) is 3.44. The molecule has 2 atom stereocenters. The van der Waals surface area contributed by atoms with Crippen molar-refractivity contribution in [3.63, 3.8) is 0 Å². The van der Waals surface area contributed by atoms with Crippen LogP contribution in [-0.4, -0.2) is 23.4 Å². The van der Waals surface area contributed by atoms with E-state index in [0.717, 1.165) is 25.0 Å². The molecule has 1 N–H and O–H groups in total. The summed E-state index contributed by atoms with van der Waals surface area (Å²) >= 11 is 0. The molecule has 0 heterocycles. The third kappa shape index (κ3) is 6.28. The highest BCUT2D eigenvalue weighted by Gasteiger charge is 2.21. The fraction of sp³-hybridized carbons (Fsp3) is 0.435. The first kappa shape index (κ1) is 23.8. The predicted octanol–water partition coefficient (Wildman–Crippen LogP) is 7.05. The van der Waals surface area contributed by atoms with Gasteiger partial charge in [0.25, 0.3) is 0 Å². The third-order valence-electron chi connectivity index (χ3n) is 5.03. The Labute approximate surface area is 172 Å². The summed E-state index contributed by atoms with van der Waals surface area (Å²) in [5.74, 6) is -5.79. The number of hydrogen-bond donors (Lipinski definition) is 1. The van der Waals surface area contributed by atoms with Crippen LogP contribution in [-0.2, 0) is 6.42 Å². The highest BCUT2D eigenvalue weighted by atomic mass is 19.2. The molecule has 0 aliphatic carbocycles. The number of halogens is 5. The van der Waals surface area contributed by atoms with Gasteiger partial charge in [0, 0.05) is 6.42 Å². The summed E-state index contributed by atoms with van der Waals surface area (Å²) in [7, 11) is 0. The Hall–Kier alpha value is -2.44. The van der Waals surface area contributed by atoms with Crippen molar-refractivity contribution in [2.45, 2.75) is 64.2 Å². The average Bonchev–Trinajstić information content (AvgIpc) is 2.70. The zero-order chi connectivity index (χ0) is 22.3. The lowest BCUT2D eigenvalue weighted by Crippen LogP contribution is -2.12. The van der Waals surface area contributed by atoms with Gasteiger partial charge in [0.2, 0.25) is 0 Å². The smallest absolute Gasteiger partial charge is 0.335 e. The van der Waals surface area contributed by atoms with Gasteiger partial charge in [-0.3, -0.25) is 0 Å². The summed E-state index contributed by atoms with van der Waals surface area (Å²) < 4.78 is 69.0. The number of hydrogen-bond acceptors (Lipinski definition) is 1. The van der Waals surface area contributed by atoms with Crippen LogP contribution in [0.3, 0.4) is 0 Å². The summed E-state index contributed by atoms with van der Waals surface area (Å²) in [5.41, 5.74) is -0.112. The zero-order valence-electron chi connectivity index (χ0n) is 16.7. The van der Waals surface area contributed by atoms with E-state index < -0.39 is 35.8 Å². The van der Waals surface area contributed by atoms with Crippen molar-refractivity contribution in [1.29, 1.82) is 0 Å². The minimum atomic E-state index is -1.64. The van der Waals surface area contributed by atoms with E-state index in [1.165, 1.54) is 18.2 Å². The monoisotopic (exact) mass is 428 g/mol. The van der Waals surface area contributed by atoms with Gasteiger partial charge in [-0.05, 0) is 60.6 Å². The number of unbranched alkanes of at least 4 members (excludes halogenated alkanes) is 1. The van der Waals surface area contributed by atoms with Crippen LogP contribution < -0.4 is 0 Å². The van der Waals surface area contributed by atoms with Gasteiger partial charge in [0.15, 0.2) is 17.5 Å². The van der Waals surface area contributed by atoms with Crippen molar-refractivity contribution in [1.82, 2.24) is 0 Å². The Kier molecular flexibility index (Phi) is 8.81. The summed E-state index contributed by atoms with van der Waals surface area (Å²) in [6, 6.07) is 5.54. The molecule has 2 aromatic carbocycles. The maximum atomic E-state index is 14.6. The molecule has 30 heavy (non-hydrogen) atoms. The van der Waals surface area contributed by atoms with E-state index in [1.807, 2.05) is 6.92 Å². The summed E-state index contributed by atoms with van der Waals surface area (Å²) in [6.45, 7) is 1.96. The molecule has 2 unspecified atom stereocenters. The van der Waals surface area contributed by atoms with Gasteiger partial charge < -0.3 is 5.11 Å². The maximum Gasteiger partial charge on any atom is 0.335 e. The molecule has 0 amide bonds. The lowest BCUT2D eigenvalue weighted by Gasteiger charge is -2.16. The molecule has 0 aliphatic heterocycles. The molecule has 0 bridgehead atoms. The van der Waals surface area contributed by atoms with Crippen LogP contribution in [0.15, 0.2) is 30.3 Å². The Morgan fingerprint density at radius 2 is 1.57 bits per heavy atom. The van der Waals surface area contributed by atoms with E-state index >= 15 is 0 Å². The van der Waals surface area contributed by atoms with E-state index in [4.69, 9.17) is 0 Å². The highest BCUT2D eigenvalue weighted by Crippen LogP contribution is 2.31. The quantitative estimate of drug-likeness (QED) is 0.308. The minimum Gasteiger partial charge on any atom is -0.478 e. The predicted molar refractivity (Wildman–Crippen MR) is 106 cm³/mol. The molecule has 0 aromatic heterocycles. The Morgan fingerprint density at radius 3 is 2.17 bits per heavy atom. The highest BCUT2D eigenvalue weighted by molar-refractivity contribution is 5.92. The summed E-state index contributed by atoms with van der Waals surface area (Å²) in [4.78, 5) is 11.6. The lowest BCUT2D eigenvalue weighted by atomic mass is 9.90. The third-order valence-corrected chi connectivity index (χ3v) is 5.03. The zero-order valence-corrected chi connectivity index (χ0v) is 16.7. The van der Waals surface area contributed by atoms with Gasteiger partial charge in [-0.15, -0.1) is 0 Å². The second-order valence-corrected chi connectivity index (χ2v) is 7.36. The summed E-state index contributed by atoms with van der Waals surface area (Å²) in [5, 5.41) is 9.45. The first-order valence-electron chi connectivity index (χ1n) is 10.0. The molecule has 0 aliphatic rings. The number of carboxylic acid groups (broad SMARTS) is 1. The minimum absolute atomic E-state index is 0.0338. The number of alkyl halides is 2. The van der Waals surface area contributed by atoms with Gasteiger partial charge in [-0.1, -0.05) is 31.9 Å². The molecule has 0 radical (unpaired) electrons. The van der Waals surface area contributed by atoms with Gasteiger partial charge >= 0.3 is 5.97 Å². The molecule has 2 rings (SSSR count). The molecule has 2 aromatic rings. The molecule has 0 spiro atoms. The van der Waals surface area contributed by atoms with Gasteiger partial charge in [-0.2, -0.15) is 0 Å². The van der Waals surface area contributed by atoms with Crippen LogP contribution in [0.4, 0.5) is 22.0 Å². The van der Waals surface area contributed by atoms with Crippen molar-refractivity contribution in [2.75, 3.05) is 0 Å². The molecular formula is C23H25F5O2. The van der Waals surface area contributed by atoms with Crippen LogP contribution in [0.5, 0.6) is 0 Å². The molecule has 164 valence electrons. The maximum absolute atomic E-state index is 14.6. The van der Waals surface area contributed by atoms with Gasteiger partial charge in [0.1, 0.15) is 12.3 Å². The average molecular weight is 428 g/mol. The number of aromatic carboxylic acids is 1. The SMILES string of the molecule is CCCCC(F)CCCC(F)Cc1c(C(=O)O)cccc1-c1cc(F)c(F)c(F)c1. The lowest BCUT2D eigenvalue weighted by molar-refractivity contribution is 0.0695. The Bertz CT molecular complexity index is 846. The van der Waals surface area contributed by atoms with Crippen LogP contribution in [0.25, 0.3) is 11.1 Å². The van der Waals surface area contributed by atoms with Crippen LogP contribution in [0.1, 0.15) is 61.4 Å². The number of carbonyl (C=O) groups is 1. The van der Waals surface area contributed by atoms with E-state index in [0.29, 0.717) is 12.8 Å².